The topological polar surface area (TPSA) is 117 Å². The van der Waals surface area contributed by atoms with Gasteiger partial charge in [0.2, 0.25) is 0 Å². The van der Waals surface area contributed by atoms with Crippen LogP contribution >= 0.6 is 7.82 Å². The molecule has 0 amide bonds. The van der Waals surface area contributed by atoms with Crippen molar-refractivity contribution in [3.05, 3.63) is 134 Å². The number of phosphoric ester groups is 1. The minimum atomic E-state index is -4.31. The van der Waals surface area contributed by atoms with Crippen LogP contribution < -0.4 is 5.73 Å². The summed E-state index contributed by atoms with van der Waals surface area (Å²) in [6.45, 7) is 4.52. The van der Waals surface area contributed by atoms with E-state index in [0.29, 0.717) is 13.0 Å². The third-order valence-electron chi connectivity index (χ3n) is 8.56. The van der Waals surface area contributed by atoms with E-state index in [0.717, 1.165) is 116 Å². The molecule has 0 saturated heterocycles. The van der Waals surface area contributed by atoms with Crippen LogP contribution in [0.4, 0.5) is 0 Å². The number of esters is 1. The Hall–Kier alpha value is -3.36. The maximum atomic E-state index is 12.6. The summed E-state index contributed by atoms with van der Waals surface area (Å²) in [4.78, 5) is 22.5. The molecular formula is C51H82NO7P. The second-order valence-electron chi connectivity index (χ2n) is 14.1. The normalized spacial score (nSPS) is 14.7. The van der Waals surface area contributed by atoms with E-state index >= 15 is 0 Å². The quantitative estimate of drug-likeness (QED) is 0.0270. The molecule has 338 valence electrons. The number of ether oxygens (including phenoxy) is 2. The molecule has 8 nitrogen and oxygen atoms in total. The van der Waals surface area contributed by atoms with Crippen molar-refractivity contribution >= 4 is 13.8 Å². The Morgan fingerprint density at radius 3 is 1.32 bits per heavy atom. The van der Waals surface area contributed by atoms with E-state index in [1.54, 1.807) is 0 Å². The predicted octanol–water partition coefficient (Wildman–Crippen LogP) is 14.0. The van der Waals surface area contributed by atoms with Crippen LogP contribution in [0.3, 0.4) is 0 Å². The summed E-state index contributed by atoms with van der Waals surface area (Å²) in [6, 6.07) is 0. The first-order chi connectivity index (χ1) is 29.4. The van der Waals surface area contributed by atoms with Crippen LogP contribution in [0.15, 0.2) is 134 Å². The predicted molar refractivity (Wildman–Crippen MR) is 256 cm³/mol. The smallest absolute Gasteiger partial charge is 0.457 e. The molecule has 60 heavy (non-hydrogen) atoms. The Labute approximate surface area is 366 Å². The van der Waals surface area contributed by atoms with Crippen molar-refractivity contribution in [2.24, 2.45) is 5.73 Å². The van der Waals surface area contributed by atoms with Gasteiger partial charge in [-0.2, -0.15) is 0 Å². The third kappa shape index (κ3) is 45.7. The van der Waals surface area contributed by atoms with Crippen LogP contribution in [0.25, 0.3) is 0 Å². The molecule has 0 spiro atoms. The highest BCUT2D eigenvalue weighted by molar-refractivity contribution is 7.47. The molecule has 0 heterocycles. The first kappa shape index (κ1) is 56.6. The molecule has 0 aromatic heterocycles. The zero-order valence-corrected chi connectivity index (χ0v) is 38.3. The van der Waals surface area contributed by atoms with Gasteiger partial charge in [0.1, 0.15) is 6.10 Å². The summed E-state index contributed by atoms with van der Waals surface area (Å²) >= 11 is 0. The van der Waals surface area contributed by atoms with Gasteiger partial charge in [0.05, 0.1) is 19.8 Å². The molecule has 0 rings (SSSR count). The van der Waals surface area contributed by atoms with E-state index in [9.17, 15) is 14.3 Å². The highest BCUT2D eigenvalue weighted by Crippen LogP contribution is 2.43. The largest absolute Gasteiger partial charge is 0.472 e. The lowest BCUT2D eigenvalue weighted by Gasteiger charge is -2.20. The minimum Gasteiger partial charge on any atom is -0.457 e. The fourth-order valence-corrected chi connectivity index (χ4v) is 6.09. The molecule has 0 aliphatic rings. The molecule has 0 saturated carbocycles. The number of hydrogen-bond acceptors (Lipinski definition) is 7. The van der Waals surface area contributed by atoms with Gasteiger partial charge in [-0.05, 0) is 103 Å². The summed E-state index contributed by atoms with van der Waals surface area (Å²) < 4.78 is 33.4. The lowest BCUT2D eigenvalue weighted by molar-refractivity contribution is -0.154. The lowest BCUT2D eigenvalue weighted by atomic mass is 10.1. The van der Waals surface area contributed by atoms with Gasteiger partial charge in [-0.1, -0.05) is 167 Å². The van der Waals surface area contributed by atoms with E-state index < -0.39 is 19.9 Å². The standard InChI is InChI=1S/C51H82NO7P/c1-3-5-7-9-11-13-15-17-19-21-23-24-25-26-27-28-30-32-34-36-38-40-42-44-51(53)59-50(49-58-60(54,55)57-47-45-52)48-56-46-43-41-39-37-35-33-31-29-22-20-18-16-14-12-10-8-6-4-2/h5-8,11-14,17-20,23-24,26-27,29-32,36,38,50H,3-4,9-10,15-16,21-22,25,28,33-35,37,39-49,52H2,1-2H3,(H,54,55)/b7-5-,8-6-,13-11-,14-12-,19-17-,20-18-,24-23-,27-26-,31-29-,32-30-,38-36-. The molecule has 0 radical (unpaired) electrons. The second kappa shape index (κ2) is 46.7. The van der Waals surface area contributed by atoms with E-state index in [4.69, 9.17) is 24.3 Å². The highest BCUT2D eigenvalue weighted by Gasteiger charge is 2.25. The SMILES string of the molecule is CC/C=C\C/C=C\C/C=C\C/C=C\C/C=C\C/C=C\C/C=C\CCCC(=O)OC(COCCCCCCC/C=C\C/C=C\C/C=C\C/C=C\CC)COP(=O)(O)OCCN. The van der Waals surface area contributed by atoms with Gasteiger partial charge in [0.25, 0.3) is 0 Å². The van der Waals surface area contributed by atoms with Crippen LogP contribution in [-0.2, 0) is 27.9 Å². The van der Waals surface area contributed by atoms with Crippen molar-refractivity contribution in [3.8, 4) is 0 Å². The first-order valence-electron chi connectivity index (χ1n) is 22.7. The highest BCUT2D eigenvalue weighted by atomic mass is 31.2. The maximum Gasteiger partial charge on any atom is 0.472 e. The number of unbranched alkanes of at least 4 members (excludes halogenated alkanes) is 6. The van der Waals surface area contributed by atoms with E-state index in [1.165, 1.54) is 0 Å². The Balaban J connectivity index is 4.21. The van der Waals surface area contributed by atoms with Crippen molar-refractivity contribution in [1.29, 1.82) is 0 Å². The van der Waals surface area contributed by atoms with Gasteiger partial charge in [-0.25, -0.2) is 4.57 Å². The molecule has 0 aromatic rings. The molecule has 0 aliphatic heterocycles. The first-order valence-corrected chi connectivity index (χ1v) is 24.2. The van der Waals surface area contributed by atoms with Gasteiger partial charge in [0.15, 0.2) is 0 Å². The summed E-state index contributed by atoms with van der Waals surface area (Å²) in [5.74, 6) is -0.401. The fraction of sp³-hybridized carbons (Fsp3) is 0.549. The molecule has 0 aliphatic carbocycles. The summed E-state index contributed by atoms with van der Waals surface area (Å²) in [6.07, 6.45) is 66.2. The Morgan fingerprint density at radius 1 is 0.500 bits per heavy atom. The fourth-order valence-electron chi connectivity index (χ4n) is 5.33. The van der Waals surface area contributed by atoms with Crippen LogP contribution in [0.2, 0.25) is 0 Å². The monoisotopic (exact) mass is 852 g/mol. The van der Waals surface area contributed by atoms with Gasteiger partial charge >= 0.3 is 13.8 Å². The Bertz CT molecular complexity index is 1370. The lowest BCUT2D eigenvalue weighted by Crippen LogP contribution is -2.28. The average Bonchev–Trinajstić information content (AvgIpc) is 3.24. The molecule has 2 atom stereocenters. The zero-order chi connectivity index (χ0) is 43.7. The summed E-state index contributed by atoms with van der Waals surface area (Å²) in [5, 5.41) is 0. The van der Waals surface area contributed by atoms with Crippen LogP contribution in [0.1, 0.15) is 142 Å². The number of phosphoric acid groups is 1. The zero-order valence-electron chi connectivity index (χ0n) is 37.4. The van der Waals surface area contributed by atoms with Crippen LogP contribution in [-0.4, -0.2) is 49.9 Å². The average molecular weight is 852 g/mol. The van der Waals surface area contributed by atoms with Gasteiger partial charge in [-0.15, -0.1) is 0 Å². The summed E-state index contributed by atoms with van der Waals surface area (Å²) in [5.41, 5.74) is 5.37. The molecule has 0 aromatic carbocycles. The van der Waals surface area contributed by atoms with Crippen molar-refractivity contribution in [1.82, 2.24) is 0 Å². The van der Waals surface area contributed by atoms with Crippen molar-refractivity contribution < 1.29 is 32.8 Å². The van der Waals surface area contributed by atoms with Crippen LogP contribution in [0.5, 0.6) is 0 Å². The molecule has 2 unspecified atom stereocenters. The number of nitrogens with two attached hydrogens (primary N) is 1. The maximum absolute atomic E-state index is 12.6. The van der Waals surface area contributed by atoms with E-state index in [2.05, 4.69) is 148 Å². The molecule has 9 heteroatoms. The number of hydrogen-bond donors (Lipinski definition) is 2. The molecule has 3 N–H and O–H groups in total. The van der Waals surface area contributed by atoms with Gasteiger partial charge in [-0.3, -0.25) is 13.8 Å². The van der Waals surface area contributed by atoms with E-state index in [-0.39, 0.29) is 32.8 Å². The number of carbonyl (C=O) groups excluding carboxylic acids is 1. The molecular weight excluding hydrogens is 770 g/mol. The van der Waals surface area contributed by atoms with E-state index in [1.807, 2.05) is 0 Å². The molecule has 0 fully saturated rings. The molecule has 0 bridgehead atoms. The van der Waals surface area contributed by atoms with Crippen molar-refractivity contribution in [3.63, 3.8) is 0 Å². The Kier molecular flexibility index (Phi) is 44.1. The van der Waals surface area contributed by atoms with Gasteiger partial charge in [0, 0.05) is 19.6 Å². The van der Waals surface area contributed by atoms with Crippen molar-refractivity contribution in [2.75, 3.05) is 33.0 Å². The minimum absolute atomic E-state index is 0.0698. The second-order valence-corrected chi connectivity index (χ2v) is 15.6. The number of carbonyl (C=O) groups is 1. The number of rotatable bonds is 41. The van der Waals surface area contributed by atoms with Gasteiger partial charge < -0.3 is 20.1 Å². The van der Waals surface area contributed by atoms with Crippen molar-refractivity contribution in [2.45, 2.75) is 148 Å². The third-order valence-corrected chi connectivity index (χ3v) is 9.55. The summed E-state index contributed by atoms with van der Waals surface area (Å²) in [7, 11) is -4.31. The Morgan fingerprint density at radius 2 is 0.883 bits per heavy atom. The van der Waals surface area contributed by atoms with Crippen LogP contribution in [0, 0.1) is 0 Å². The number of allylic oxidation sites excluding steroid dienone is 22.